The van der Waals surface area contributed by atoms with Gasteiger partial charge < -0.3 is 10.0 Å². The van der Waals surface area contributed by atoms with Gasteiger partial charge in [-0.25, -0.2) is 26.4 Å². The molecule has 0 atom stereocenters. The summed E-state index contributed by atoms with van der Waals surface area (Å²) in [4.78, 5) is 11.5. The number of anilines is 1. The maximum Gasteiger partial charge on any atom is 0.416 e. The highest BCUT2D eigenvalue weighted by molar-refractivity contribution is 7.93. The van der Waals surface area contributed by atoms with E-state index >= 15 is 0 Å². The summed E-state index contributed by atoms with van der Waals surface area (Å²) in [6.45, 7) is 0.659. The first-order valence-electron chi connectivity index (χ1n) is 10.1. The number of hydrogen-bond donors (Lipinski definition) is 3. The molecule has 0 radical (unpaired) electrons. The molecule has 9 nitrogen and oxygen atoms in total. The lowest BCUT2D eigenvalue weighted by atomic mass is 9.97. The molecule has 0 aromatic heterocycles. The van der Waals surface area contributed by atoms with Gasteiger partial charge in [-0.05, 0) is 61.2 Å². The average Bonchev–Trinajstić information content (AvgIpc) is 2.77. The number of nitrogens with zero attached hydrogens (tertiary/aromatic N) is 1. The van der Waals surface area contributed by atoms with E-state index < -0.39 is 37.9 Å². The fraction of sp³-hybridized carbons (Fsp3) is 0.350. The quantitative estimate of drug-likeness (QED) is 0.513. The van der Waals surface area contributed by atoms with Crippen LogP contribution in [0.1, 0.15) is 18.4 Å². The molecule has 1 fully saturated rings. The molecular formula is C20H22F3N3O6S2. The van der Waals surface area contributed by atoms with Crippen LogP contribution < -0.4 is 9.44 Å². The zero-order valence-corrected chi connectivity index (χ0v) is 19.3. The largest absolute Gasteiger partial charge is 0.465 e. The summed E-state index contributed by atoms with van der Waals surface area (Å²) in [6, 6.07) is 7.92. The molecule has 34 heavy (non-hydrogen) atoms. The number of piperidine rings is 1. The number of amides is 1. The van der Waals surface area contributed by atoms with E-state index in [0.29, 0.717) is 25.9 Å². The Hall–Kier alpha value is -2.84. The molecule has 14 heteroatoms. The third-order valence-corrected chi connectivity index (χ3v) is 8.14. The van der Waals surface area contributed by atoms with Crippen molar-refractivity contribution in [3.63, 3.8) is 0 Å². The van der Waals surface area contributed by atoms with Gasteiger partial charge in [0, 0.05) is 25.3 Å². The Bertz CT molecular complexity index is 1240. The normalized spacial score (nSPS) is 15.8. The molecule has 186 valence electrons. The molecule has 0 spiro atoms. The zero-order valence-electron chi connectivity index (χ0n) is 17.6. The van der Waals surface area contributed by atoms with Crippen molar-refractivity contribution in [1.82, 2.24) is 9.62 Å². The van der Waals surface area contributed by atoms with Crippen molar-refractivity contribution in [2.75, 3.05) is 24.4 Å². The van der Waals surface area contributed by atoms with Gasteiger partial charge >= 0.3 is 12.3 Å². The maximum atomic E-state index is 12.7. The Morgan fingerprint density at radius 3 is 2.06 bits per heavy atom. The molecule has 2 aromatic rings. The lowest BCUT2D eigenvalue weighted by Gasteiger charge is -2.29. The van der Waals surface area contributed by atoms with Gasteiger partial charge in [-0.2, -0.15) is 13.2 Å². The predicted octanol–water partition coefficient (Wildman–Crippen LogP) is 3.17. The maximum absolute atomic E-state index is 12.7. The highest BCUT2D eigenvalue weighted by atomic mass is 32.2. The first kappa shape index (κ1) is 25.8. The van der Waals surface area contributed by atoms with Crippen LogP contribution in [0.25, 0.3) is 0 Å². The molecule has 2 aromatic carbocycles. The van der Waals surface area contributed by atoms with Crippen LogP contribution >= 0.6 is 0 Å². The summed E-state index contributed by atoms with van der Waals surface area (Å²) in [5.41, 5.74) is -1.06. The van der Waals surface area contributed by atoms with Crippen molar-refractivity contribution in [3.05, 3.63) is 54.1 Å². The van der Waals surface area contributed by atoms with Crippen molar-refractivity contribution in [1.29, 1.82) is 0 Å². The van der Waals surface area contributed by atoms with Crippen LogP contribution in [0.3, 0.4) is 0 Å². The molecule has 0 saturated carbocycles. The number of carboxylic acid groups (broad SMARTS) is 1. The Labute approximate surface area is 194 Å². The molecule has 0 bridgehead atoms. The monoisotopic (exact) mass is 521 g/mol. The van der Waals surface area contributed by atoms with Gasteiger partial charge in [0.05, 0.1) is 15.4 Å². The van der Waals surface area contributed by atoms with Gasteiger partial charge in [0.1, 0.15) is 0 Å². The van der Waals surface area contributed by atoms with Crippen molar-refractivity contribution >= 4 is 31.8 Å². The second-order valence-corrected chi connectivity index (χ2v) is 11.2. The summed E-state index contributed by atoms with van der Waals surface area (Å²) < 4.78 is 93.3. The minimum atomic E-state index is -4.57. The van der Waals surface area contributed by atoms with E-state index in [2.05, 4.69) is 9.44 Å². The zero-order chi connectivity index (χ0) is 25.1. The smallest absolute Gasteiger partial charge is 0.416 e. The van der Waals surface area contributed by atoms with Gasteiger partial charge in [-0.1, -0.05) is 6.07 Å². The van der Waals surface area contributed by atoms with Crippen molar-refractivity contribution in [3.8, 4) is 0 Å². The fourth-order valence-corrected chi connectivity index (χ4v) is 5.73. The molecule has 0 unspecified atom stereocenters. The van der Waals surface area contributed by atoms with E-state index in [1.54, 1.807) is 0 Å². The Kier molecular flexibility index (Phi) is 7.43. The van der Waals surface area contributed by atoms with Crippen LogP contribution in [0.5, 0.6) is 0 Å². The van der Waals surface area contributed by atoms with Gasteiger partial charge in [-0.3, -0.25) is 4.72 Å². The van der Waals surface area contributed by atoms with E-state index in [4.69, 9.17) is 5.11 Å². The van der Waals surface area contributed by atoms with Gasteiger partial charge in [-0.15, -0.1) is 0 Å². The number of rotatable bonds is 7. The number of hydrogen-bond acceptors (Lipinski definition) is 5. The Morgan fingerprint density at radius 1 is 0.971 bits per heavy atom. The first-order valence-corrected chi connectivity index (χ1v) is 13.0. The molecule has 3 N–H and O–H groups in total. The van der Waals surface area contributed by atoms with E-state index in [1.165, 1.54) is 17.0 Å². The van der Waals surface area contributed by atoms with Crippen molar-refractivity contribution < 1.29 is 39.9 Å². The van der Waals surface area contributed by atoms with Crippen LogP contribution in [-0.2, 0) is 26.2 Å². The molecule has 1 saturated heterocycles. The van der Waals surface area contributed by atoms with Crippen LogP contribution in [0, 0.1) is 5.92 Å². The molecule has 0 aliphatic carbocycles. The predicted molar refractivity (Wildman–Crippen MR) is 116 cm³/mol. The van der Waals surface area contributed by atoms with Crippen LogP contribution in [0.15, 0.2) is 58.3 Å². The summed E-state index contributed by atoms with van der Waals surface area (Å²) in [5, 5.41) is 8.98. The van der Waals surface area contributed by atoms with Gasteiger partial charge in [0.15, 0.2) is 0 Å². The van der Waals surface area contributed by atoms with Crippen molar-refractivity contribution in [2.45, 2.75) is 28.8 Å². The fourth-order valence-electron chi connectivity index (χ4n) is 3.39. The number of nitrogens with one attached hydrogen (secondary N) is 2. The molecule has 1 aliphatic rings. The van der Waals surface area contributed by atoms with Crippen LogP contribution in [-0.4, -0.2) is 52.6 Å². The molecule has 1 heterocycles. The van der Waals surface area contributed by atoms with Crippen LogP contribution in [0.2, 0.25) is 0 Å². The minimum Gasteiger partial charge on any atom is -0.465 e. The summed E-state index contributed by atoms with van der Waals surface area (Å²) >= 11 is 0. The number of benzene rings is 2. The molecule has 1 aliphatic heterocycles. The van der Waals surface area contributed by atoms with E-state index in [1.807, 2.05) is 0 Å². The van der Waals surface area contributed by atoms with Crippen LogP contribution in [0.4, 0.5) is 23.7 Å². The SMILES string of the molecule is O=C(O)N1CCC(CNS(=O)(=O)c2cccc(S(=O)(=O)Nc3ccc(C(F)(F)F)cc3)c2)CC1. The second-order valence-electron chi connectivity index (χ2n) is 7.72. The standard InChI is InChI=1S/C20H22F3N3O6S2/c21-20(22,23)15-4-6-16(7-5-15)25-34(31,32)18-3-1-2-17(12-18)33(29,30)24-13-14-8-10-26(11-9-14)19(27)28/h1-7,12,14,24-25H,8-11,13H2,(H,27,28). The first-order chi connectivity index (χ1) is 15.8. The third-order valence-electron chi connectivity index (χ3n) is 5.34. The van der Waals surface area contributed by atoms with Gasteiger partial charge in [0.25, 0.3) is 10.0 Å². The summed E-state index contributed by atoms with van der Waals surface area (Å²) in [7, 11) is -8.34. The number of sulfonamides is 2. The highest BCUT2D eigenvalue weighted by Gasteiger charge is 2.30. The molecule has 1 amide bonds. The minimum absolute atomic E-state index is 0.0660. The Balaban J connectivity index is 1.68. The lowest BCUT2D eigenvalue weighted by Crippen LogP contribution is -2.40. The number of likely N-dealkylation sites (tertiary alicyclic amines) is 1. The second kappa shape index (κ2) is 9.80. The van der Waals surface area contributed by atoms with Gasteiger partial charge in [0.2, 0.25) is 10.0 Å². The Morgan fingerprint density at radius 2 is 1.53 bits per heavy atom. The molecular weight excluding hydrogens is 499 g/mol. The van der Waals surface area contributed by atoms with E-state index in [9.17, 15) is 34.8 Å². The van der Waals surface area contributed by atoms with Crippen molar-refractivity contribution in [2.24, 2.45) is 5.92 Å². The van der Waals surface area contributed by atoms with E-state index in [-0.39, 0.29) is 27.9 Å². The topological polar surface area (TPSA) is 133 Å². The number of carbonyl (C=O) groups is 1. The highest BCUT2D eigenvalue weighted by Crippen LogP contribution is 2.30. The summed E-state index contributed by atoms with van der Waals surface area (Å²) in [6.07, 6.45) is -4.62. The van der Waals surface area contributed by atoms with E-state index in [0.717, 1.165) is 36.4 Å². The lowest BCUT2D eigenvalue weighted by molar-refractivity contribution is -0.137. The average molecular weight is 522 g/mol. The molecule has 3 rings (SSSR count). The number of halogens is 3. The third kappa shape index (κ3) is 6.39. The summed E-state index contributed by atoms with van der Waals surface area (Å²) in [5.74, 6) is -0.0707. The number of alkyl halides is 3.